The highest BCUT2D eigenvalue weighted by molar-refractivity contribution is 9.10. The number of amides is 1. The maximum absolute atomic E-state index is 10.3. The van der Waals surface area contributed by atoms with Crippen LogP contribution in [-0.2, 0) is 4.79 Å². The summed E-state index contributed by atoms with van der Waals surface area (Å²) in [5.41, 5.74) is 4.88. The molecule has 0 aromatic carbocycles. The third-order valence-corrected chi connectivity index (χ3v) is 1.45. The molecule has 0 saturated carbocycles. The van der Waals surface area contributed by atoms with Gasteiger partial charge in [-0.25, -0.2) is 9.97 Å². The Morgan fingerprint density at radius 1 is 1.50 bits per heavy atom. The van der Waals surface area contributed by atoms with Gasteiger partial charge in [0, 0.05) is 18.5 Å². The molecule has 0 aliphatic heterocycles. The number of nitrogens with zero attached hydrogens (tertiary/aromatic N) is 2. The standard InChI is InChI=1S/C7H6BrN3O/c8-5-3-10-7(11-4-5)2-1-6(9)12/h1-4H,(H2,9,12). The molecule has 0 radical (unpaired) electrons. The van der Waals surface area contributed by atoms with Crippen LogP contribution in [0.4, 0.5) is 0 Å². The van der Waals surface area contributed by atoms with Crippen molar-refractivity contribution in [2.24, 2.45) is 5.73 Å². The number of carbonyl (C=O) groups is 1. The zero-order chi connectivity index (χ0) is 8.97. The molecule has 0 aliphatic carbocycles. The number of carbonyl (C=O) groups excluding carboxylic acids is 1. The minimum Gasteiger partial charge on any atom is -0.366 e. The van der Waals surface area contributed by atoms with E-state index in [0.29, 0.717) is 5.82 Å². The third-order valence-electron chi connectivity index (χ3n) is 1.04. The lowest BCUT2D eigenvalue weighted by atomic mass is 10.4. The lowest BCUT2D eigenvalue weighted by Crippen LogP contribution is -2.05. The van der Waals surface area contributed by atoms with Crippen LogP contribution >= 0.6 is 15.9 Å². The largest absolute Gasteiger partial charge is 0.366 e. The van der Waals surface area contributed by atoms with Crippen molar-refractivity contribution in [3.05, 3.63) is 28.8 Å². The van der Waals surface area contributed by atoms with E-state index in [1.54, 1.807) is 12.4 Å². The monoisotopic (exact) mass is 227 g/mol. The Kier molecular flexibility index (Phi) is 2.93. The van der Waals surface area contributed by atoms with E-state index >= 15 is 0 Å². The maximum Gasteiger partial charge on any atom is 0.241 e. The van der Waals surface area contributed by atoms with Gasteiger partial charge in [-0.3, -0.25) is 4.79 Å². The molecule has 1 aromatic rings. The van der Waals surface area contributed by atoms with Gasteiger partial charge >= 0.3 is 0 Å². The van der Waals surface area contributed by atoms with E-state index in [-0.39, 0.29) is 0 Å². The SMILES string of the molecule is NC(=O)C=Cc1ncc(Br)cn1. The van der Waals surface area contributed by atoms with Crippen LogP contribution in [0.1, 0.15) is 5.82 Å². The van der Waals surface area contributed by atoms with Crippen molar-refractivity contribution in [2.75, 3.05) is 0 Å². The van der Waals surface area contributed by atoms with Crippen LogP contribution in [0, 0.1) is 0 Å². The molecule has 62 valence electrons. The summed E-state index contributed by atoms with van der Waals surface area (Å²) in [6.07, 6.45) is 5.85. The Morgan fingerprint density at radius 3 is 2.58 bits per heavy atom. The van der Waals surface area contributed by atoms with Gasteiger partial charge in [0.15, 0.2) is 5.82 Å². The highest BCUT2D eigenvalue weighted by Crippen LogP contribution is 2.04. The van der Waals surface area contributed by atoms with Crippen molar-refractivity contribution < 1.29 is 4.79 Å². The second-order valence-corrected chi connectivity index (χ2v) is 2.91. The molecule has 0 saturated heterocycles. The topological polar surface area (TPSA) is 68.9 Å². The van der Waals surface area contributed by atoms with E-state index in [9.17, 15) is 4.79 Å². The Labute approximate surface area is 77.6 Å². The minimum absolute atomic E-state index is 0.456. The minimum atomic E-state index is -0.512. The summed E-state index contributed by atoms with van der Waals surface area (Å²) >= 11 is 3.18. The molecule has 1 heterocycles. The van der Waals surface area contributed by atoms with Gasteiger partial charge in [0.25, 0.3) is 0 Å². The first-order valence-electron chi connectivity index (χ1n) is 3.13. The van der Waals surface area contributed by atoms with Crippen molar-refractivity contribution in [2.45, 2.75) is 0 Å². The Hall–Kier alpha value is -1.23. The van der Waals surface area contributed by atoms with E-state index in [1.165, 1.54) is 12.2 Å². The fraction of sp³-hybridized carbons (Fsp3) is 0. The van der Waals surface area contributed by atoms with Crippen LogP contribution < -0.4 is 5.73 Å². The van der Waals surface area contributed by atoms with Crippen LogP contribution in [0.3, 0.4) is 0 Å². The predicted octanol–water partition coefficient (Wildman–Crippen LogP) is 0.738. The molecule has 0 bridgehead atoms. The average Bonchev–Trinajstić information content (AvgIpc) is 2.03. The second kappa shape index (κ2) is 3.96. The Morgan fingerprint density at radius 2 is 2.08 bits per heavy atom. The molecule has 5 heteroatoms. The van der Waals surface area contributed by atoms with Gasteiger partial charge < -0.3 is 5.73 Å². The molecule has 0 fully saturated rings. The lowest BCUT2D eigenvalue weighted by Gasteiger charge is -1.90. The number of halogens is 1. The lowest BCUT2D eigenvalue weighted by molar-refractivity contribution is -0.113. The summed E-state index contributed by atoms with van der Waals surface area (Å²) in [6.45, 7) is 0. The maximum atomic E-state index is 10.3. The van der Waals surface area contributed by atoms with Gasteiger partial charge in [0.2, 0.25) is 5.91 Å². The number of hydrogen-bond acceptors (Lipinski definition) is 3. The molecule has 0 atom stereocenters. The summed E-state index contributed by atoms with van der Waals surface area (Å²) in [5.74, 6) is -0.0569. The number of nitrogens with two attached hydrogens (primary N) is 1. The number of hydrogen-bond donors (Lipinski definition) is 1. The first kappa shape index (κ1) is 8.86. The van der Waals surface area contributed by atoms with Crippen LogP contribution in [0.25, 0.3) is 6.08 Å². The average molecular weight is 228 g/mol. The van der Waals surface area contributed by atoms with Gasteiger partial charge in [-0.2, -0.15) is 0 Å². The molecule has 0 spiro atoms. The van der Waals surface area contributed by atoms with Gasteiger partial charge in [-0.1, -0.05) is 0 Å². The molecule has 1 rings (SSSR count). The fourth-order valence-electron chi connectivity index (χ4n) is 0.565. The predicted molar refractivity (Wildman–Crippen MR) is 48.0 cm³/mol. The first-order chi connectivity index (χ1) is 5.68. The zero-order valence-corrected chi connectivity index (χ0v) is 7.65. The highest BCUT2D eigenvalue weighted by Gasteiger charge is 1.90. The van der Waals surface area contributed by atoms with Crippen LogP contribution in [-0.4, -0.2) is 15.9 Å². The Bertz CT molecular complexity index is 307. The van der Waals surface area contributed by atoms with Crippen LogP contribution in [0.5, 0.6) is 0 Å². The van der Waals surface area contributed by atoms with Crippen molar-refractivity contribution in [3.63, 3.8) is 0 Å². The van der Waals surface area contributed by atoms with Crippen molar-refractivity contribution in [3.8, 4) is 0 Å². The van der Waals surface area contributed by atoms with E-state index in [1.807, 2.05) is 0 Å². The molecule has 0 aliphatic rings. The van der Waals surface area contributed by atoms with Gasteiger partial charge in [-0.15, -0.1) is 0 Å². The summed E-state index contributed by atoms with van der Waals surface area (Å²) in [7, 11) is 0. The molecule has 1 amide bonds. The normalized spacial score (nSPS) is 10.4. The third kappa shape index (κ3) is 2.79. The van der Waals surface area contributed by atoms with Gasteiger partial charge in [0.05, 0.1) is 4.47 Å². The molecule has 12 heavy (non-hydrogen) atoms. The number of primary amides is 1. The van der Waals surface area contributed by atoms with E-state index in [4.69, 9.17) is 5.73 Å². The summed E-state index contributed by atoms with van der Waals surface area (Å²) < 4.78 is 0.790. The van der Waals surface area contributed by atoms with Crippen LogP contribution in [0.15, 0.2) is 22.9 Å². The molecule has 2 N–H and O–H groups in total. The number of rotatable bonds is 2. The van der Waals surface area contributed by atoms with Crippen LogP contribution in [0.2, 0.25) is 0 Å². The zero-order valence-electron chi connectivity index (χ0n) is 6.07. The van der Waals surface area contributed by atoms with E-state index in [0.717, 1.165) is 4.47 Å². The molecular formula is C7H6BrN3O. The van der Waals surface area contributed by atoms with Gasteiger partial charge in [-0.05, 0) is 22.0 Å². The van der Waals surface area contributed by atoms with E-state index in [2.05, 4.69) is 25.9 Å². The number of aromatic nitrogens is 2. The highest BCUT2D eigenvalue weighted by atomic mass is 79.9. The van der Waals surface area contributed by atoms with Crippen molar-refractivity contribution >= 4 is 27.9 Å². The molecule has 0 unspecified atom stereocenters. The van der Waals surface area contributed by atoms with Gasteiger partial charge in [0.1, 0.15) is 0 Å². The van der Waals surface area contributed by atoms with Crippen molar-refractivity contribution in [1.82, 2.24) is 9.97 Å². The smallest absolute Gasteiger partial charge is 0.241 e. The fourth-order valence-corrected chi connectivity index (χ4v) is 0.770. The second-order valence-electron chi connectivity index (χ2n) is 2.00. The first-order valence-corrected chi connectivity index (χ1v) is 3.93. The Balaban J connectivity index is 2.77. The summed E-state index contributed by atoms with van der Waals surface area (Å²) in [4.78, 5) is 18.1. The molecule has 1 aromatic heterocycles. The van der Waals surface area contributed by atoms with Crippen molar-refractivity contribution in [1.29, 1.82) is 0 Å². The molecular weight excluding hydrogens is 222 g/mol. The van der Waals surface area contributed by atoms with E-state index < -0.39 is 5.91 Å². The molecule has 4 nitrogen and oxygen atoms in total. The summed E-state index contributed by atoms with van der Waals surface area (Å²) in [5, 5.41) is 0. The quantitative estimate of drug-likeness (QED) is 0.759. The summed E-state index contributed by atoms with van der Waals surface area (Å²) in [6, 6.07) is 0.